The Hall–Kier alpha value is -3.71. The van der Waals surface area contributed by atoms with E-state index in [0.717, 1.165) is 0 Å². The van der Waals surface area contributed by atoms with E-state index in [2.05, 4.69) is 20.9 Å². The van der Waals surface area contributed by atoms with Gasteiger partial charge in [0.25, 0.3) is 5.91 Å². The molecule has 5 atom stereocenters. The Morgan fingerprint density at radius 3 is 2.43 bits per heavy atom. The van der Waals surface area contributed by atoms with Crippen molar-refractivity contribution in [2.75, 3.05) is 20.3 Å². The molecule has 0 aliphatic carbocycles. The molecule has 1 fully saturated rings. The zero-order valence-electron chi connectivity index (χ0n) is 26.8. The maximum absolute atomic E-state index is 13.2. The molecule has 0 radical (unpaired) electrons. The lowest BCUT2D eigenvalue weighted by atomic mass is 9.96. The molecule has 0 saturated carbocycles. The largest absolute Gasteiger partial charge is 0.484 e. The first-order chi connectivity index (χ1) is 23.2. The van der Waals surface area contributed by atoms with Crippen LogP contribution in [0.3, 0.4) is 0 Å². The Morgan fingerprint density at radius 1 is 1.04 bits per heavy atom. The maximum Gasteiger partial charge on any atom is 0.303 e. The van der Waals surface area contributed by atoms with Crippen LogP contribution in [0.5, 0.6) is 5.75 Å². The summed E-state index contributed by atoms with van der Waals surface area (Å²) in [4.78, 5) is 59.3. The number of aryl methyl sites for hydroxylation is 1. The van der Waals surface area contributed by atoms with E-state index in [1.807, 2.05) is 0 Å². The number of carbonyl (C=O) groups is 5. The van der Waals surface area contributed by atoms with Crippen LogP contribution in [-0.2, 0) is 41.8 Å². The molecular weight excluding hydrogens is 693 g/mol. The van der Waals surface area contributed by atoms with Gasteiger partial charge in [0.2, 0.25) is 5.91 Å². The van der Waals surface area contributed by atoms with Crippen LogP contribution in [0, 0.1) is 6.92 Å². The third-order valence-electron chi connectivity index (χ3n) is 7.60. The molecule has 0 bridgehead atoms. The molecule has 1 aromatic heterocycles. The second-order valence-corrected chi connectivity index (χ2v) is 12.0. The lowest BCUT2D eigenvalue weighted by Gasteiger charge is -2.41. The number of aliphatic carboxylic acids is 1. The van der Waals surface area contributed by atoms with Gasteiger partial charge in [-0.1, -0.05) is 28.4 Å². The second kappa shape index (κ2) is 18.9. The van der Waals surface area contributed by atoms with Gasteiger partial charge in [-0.05, 0) is 25.0 Å². The molecule has 0 spiro atoms. The first-order valence-corrected chi connectivity index (χ1v) is 16.0. The van der Waals surface area contributed by atoms with Gasteiger partial charge in [0.1, 0.15) is 42.4 Å². The van der Waals surface area contributed by atoms with Crippen LogP contribution in [0.25, 0.3) is 0 Å². The van der Waals surface area contributed by atoms with E-state index < -0.39 is 60.8 Å². The molecule has 17 nitrogen and oxygen atoms in total. The number of carbonyl (C=O) groups excluding carboxylic acids is 4. The van der Waals surface area contributed by atoms with Gasteiger partial charge >= 0.3 is 5.97 Å². The highest BCUT2D eigenvalue weighted by Gasteiger charge is 2.45. The number of aromatic nitrogens is 3. The standard InChI is InChI=1S/C30H39Cl2N5O12/c1-15-19(29(46)34-25-27(45)26(44)21(13-38)49-30(25)47-2)10-20(31)28(24(15)32)48-14-16-12-37(36-35-16)9-3-4-17(39)5-7-22(41)33-11-18(40)6-8-23(42)43/h10,12,21,25-27,30,38,44-45H,3-9,11,13-14H2,1-2H3,(H,33,41)(H,34,46)(H,42,43)/t21-,25-,26-,27-,30+/m1/s1. The molecular formula is C30H39Cl2N5O12. The zero-order chi connectivity index (χ0) is 36.2. The number of nitrogens with zero attached hydrogens (tertiary/aromatic N) is 3. The highest BCUT2D eigenvalue weighted by Crippen LogP contribution is 2.38. The second-order valence-electron chi connectivity index (χ2n) is 11.2. The fourth-order valence-electron chi connectivity index (χ4n) is 4.83. The van der Waals surface area contributed by atoms with Crippen LogP contribution >= 0.6 is 23.2 Å². The van der Waals surface area contributed by atoms with E-state index in [1.165, 1.54) is 17.9 Å². The van der Waals surface area contributed by atoms with Crippen LogP contribution in [0.2, 0.25) is 10.0 Å². The first kappa shape index (κ1) is 39.7. The number of rotatable bonds is 19. The summed E-state index contributed by atoms with van der Waals surface area (Å²) in [6.07, 6.45) is -3.63. The normalized spacial score (nSPS) is 20.4. The maximum atomic E-state index is 13.2. The number of amides is 2. The number of hydrogen-bond acceptors (Lipinski definition) is 13. The number of halogens is 2. The fourth-order valence-corrected chi connectivity index (χ4v) is 5.39. The van der Waals surface area contributed by atoms with E-state index in [9.17, 15) is 39.3 Å². The third-order valence-corrected chi connectivity index (χ3v) is 8.34. The van der Waals surface area contributed by atoms with Crippen molar-refractivity contribution in [3.63, 3.8) is 0 Å². The highest BCUT2D eigenvalue weighted by atomic mass is 35.5. The molecule has 1 aromatic carbocycles. The molecule has 3 rings (SSSR count). The lowest BCUT2D eigenvalue weighted by Crippen LogP contribution is -2.64. The minimum atomic E-state index is -1.51. The molecule has 2 heterocycles. The van der Waals surface area contributed by atoms with Gasteiger partial charge in [-0.15, -0.1) is 5.10 Å². The summed E-state index contributed by atoms with van der Waals surface area (Å²) in [5, 5.41) is 51.8. The van der Waals surface area contributed by atoms with Crippen LogP contribution in [0.1, 0.15) is 60.1 Å². The molecule has 2 amide bonds. The smallest absolute Gasteiger partial charge is 0.303 e. The lowest BCUT2D eigenvalue weighted by molar-refractivity contribution is -0.261. The van der Waals surface area contributed by atoms with Crippen molar-refractivity contribution in [1.29, 1.82) is 0 Å². The van der Waals surface area contributed by atoms with Gasteiger partial charge in [0, 0.05) is 44.9 Å². The predicted octanol–water partition coefficient (Wildman–Crippen LogP) is 0.336. The summed E-state index contributed by atoms with van der Waals surface area (Å²) in [5.74, 6) is -2.74. The number of benzene rings is 1. The Kier molecular flexibility index (Phi) is 15.3. The Morgan fingerprint density at radius 2 is 1.76 bits per heavy atom. The summed E-state index contributed by atoms with van der Waals surface area (Å²) in [5.41, 5.74) is 0.791. The van der Waals surface area contributed by atoms with E-state index in [1.54, 1.807) is 13.1 Å². The van der Waals surface area contributed by atoms with Gasteiger partial charge in [0.05, 0.1) is 35.8 Å². The topological polar surface area (TPSA) is 249 Å². The van der Waals surface area contributed by atoms with E-state index in [0.29, 0.717) is 24.2 Å². The molecule has 49 heavy (non-hydrogen) atoms. The number of ketones is 2. The van der Waals surface area contributed by atoms with E-state index in [-0.39, 0.29) is 72.4 Å². The Balaban J connectivity index is 1.47. The quantitative estimate of drug-likeness (QED) is 0.114. The van der Waals surface area contributed by atoms with Crippen molar-refractivity contribution in [2.45, 2.75) is 89.2 Å². The van der Waals surface area contributed by atoms with Gasteiger partial charge in [-0.25, -0.2) is 0 Å². The SMILES string of the molecule is CO[C@H]1O[C@H](CO)[C@@H](O)[C@H](O)[C@H]1NC(=O)c1cc(Cl)c(OCc2cn(CCCC(=O)CCC(=O)NCC(=O)CCC(=O)O)nn2)c(Cl)c1C. The molecule has 6 N–H and O–H groups in total. The number of carboxylic acid groups (broad SMARTS) is 1. The zero-order valence-corrected chi connectivity index (χ0v) is 28.3. The minimum Gasteiger partial charge on any atom is -0.484 e. The summed E-state index contributed by atoms with van der Waals surface area (Å²) in [6.45, 7) is 0.989. The molecule has 270 valence electrons. The average molecular weight is 733 g/mol. The molecule has 1 aliphatic heterocycles. The van der Waals surface area contributed by atoms with E-state index in [4.69, 9.17) is 42.5 Å². The first-order valence-electron chi connectivity index (χ1n) is 15.2. The van der Waals surface area contributed by atoms with Crippen molar-refractivity contribution in [2.24, 2.45) is 0 Å². The van der Waals surface area contributed by atoms with Crippen molar-refractivity contribution in [1.82, 2.24) is 25.6 Å². The predicted molar refractivity (Wildman–Crippen MR) is 170 cm³/mol. The van der Waals surface area contributed by atoms with Crippen LogP contribution < -0.4 is 15.4 Å². The Labute approximate surface area is 290 Å². The number of ether oxygens (including phenoxy) is 3. The fraction of sp³-hybridized carbons (Fsp3) is 0.567. The Bertz CT molecular complexity index is 1500. The molecule has 2 aromatic rings. The highest BCUT2D eigenvalue weighted by molar-refractivity contribution is 6.38. The number of hydrogen-bond donors (Lipinski definition) is 6. The van der Waals surface area contributed by atoms with Crippen LogP contribution in [0.15, 0.2) is 12.3 Å². The summed E-state index contributed by atoms with van der Waals surface area (Å²) in [6, 6.07) is 0.148. The summed E-state index contributed by atoms with van der Waals surface area (Å²) in [7, 11) is 1.28. The van der Waals surface area contributed by atoms with Crippen molar-refractivity contribution in [3.05, 3.63) is 39.1 Å². The molecule has 19 heteroatoms. The number of carboxylic acids is 1. The summed E-state index contributed by atoms with van der Waals surface area (Å²) >= 11 is 12.9. The number of methoxy groups -OCH3 is 1. The van der Waals surface area contributed by atoms with Gasteiger partial charge in [-0.3, -0.25) is 28.7 Å². The van der Waals surface area contributed by atoms with Gasteiger partial charge in [0.15, 0.2) is 17.8 Å². The monoisotopic (exact) mass is 731 g/mol. The van der Waals surface area contributed by atoms with Gasteiger partial charge in [-0.2, -0.15) is 0 Å². The number of nitrogens with one attached hydrogen (secondary N) is 2. The van der Waals surface area contributed by atoms with Crippen LogP contribution in [0.4, 0.5) is 0 Å². The molecule has 1 saturated heterocycles. The van der Waals surface area contributed by atoms with Crippen molar-refractivity contribution < 1.29 is 58.6 Å². The van der Waals surface area contributed by atoms with Gasteiger partial charge < -0.3 is 45.3 Å². The average Bonchev–Trinajstić information content (AvgIpc) is 3.53. The van der Waals surface area contributed by atoms with Crippen molar-refractivity contribution in [3.8, 4) is 5.75 Å². The number of aliphatic hydroxyl groups is 3. The van der Waals surface area contributed by atoms with E-state index >= 15 is 0 Å². The summed E-state index contributed by atoms with van der Waals surface area (Å²) < 4.78 is 17.9. The molecule has 0 unspecified atom stereocenters. The number of Topliss-reactive ketones (excluding diaryl/α,β-unsaturated/α-hetero) is 2. The van der Waals surface area contributed by atoms with Crippen LogP contribution in [-0.4, -0.2) is 116 Å². The molecule has 1 aliphatic rings. The minimum absolute atomic E-state index is 0.00816. The van der Waals surface area contributed by atoms with Crippen molar-refractivity contribution >= 4 is 52.6 Å². The number of aliphatic hydroxyl groups excluding tert-OH is 3. The third kappa shape index (κ3) is 11.4.